The molecule has 0 aliphatic carbocycles. The van der Waals surface area contributed by atoms with Gasteiger partial charge in [0.25, 0.3) is 0 Å². The summed E-state index contributed by atoms with van der Waals surface area (Å²) in [6.07, 6.45) is 3.95. The number of thiol groups is 1. The van der Waals surface area contributed by atoms with Crippen molar-refractivity contribution in [3.05, 3.63) is 24.0 Å². The normalized spacial score (nSPS) is 13.4. The monoisotopic (exact) mass is 157 g/mol. The van der Waals surface area contributed by atoms with Crippen LogP contribution in [0.3, 0.4) is 0 Å². The summed E-state index contributed by atoms with van der Waals surface area (Å²) in [5.74, 6) is 0.715. The van der Waals surface area contributed by atoms with Gasteiger partial charge in [-0.2, -0.15) is 12.6 Å². The molecule has 1 heterocycles. The first kappa shape index (κ1) is 7.69. The van der Waals surface area contributed by atoms with E-state index in [2.05, 4.69) is 17.6 Å². The summed E-state index contributed by atoms with van der Waals surface area (Å²) in [6, 6.07) is 1.87. The molecular formula is C7H11NOS. The molecule has 0 bridgehead atoms. The predicted molar refractivity (Wildman–Crippen MR) is 44.2 cm³/mol. The van der Waals surface area contributed by atoms with Gasteiger partial charge >= 0.3 is 0 Å². The van der Waals surface area contributed by atoms with Crippen LogP contribution in [0.5, 0.6) is 0 Å². The number of hydrogen-bond acceptors (Lipinski definition) is 2. The van der Waals surface area contributed by atoms with Gasteiger partial charge in [-0.25, -0.2) is 0 Å². The fourth-order valence-corrected chi connectivity index (χ4v) is 1.08. The van der Waals surface area contributed by atoms with Crippen LogP contribution in [0.4, 0.5) is 0 Å². The van der Waals surface area contributed by atoms with Gasteiger partial charge in [-0.3, -0.25) is 0 Å². The van der Waals surface area contributed by atoms with E-state index in [1.807, 2.05) is 6.07 Å². The molecule has 0 saturated carbocycles. The van der Waals surface area contributed by atoms with E-state index >= 15 is 0 Å². The molecule has 1 rings (SSSR count). The van der Waals surface area contributed by atoms with E-state index in [0.717, 1.165) is 5.56 Å². The minimum atomic E-state index is -0.358. The van der Waals surface area contributed by atoms with Crippen molar-refractivity contribution < 1.29 is 5.11 Å². The van der Waals surface area contributed by atoms with Crippen LogP contribution >= 0.6 is 12.6 Å². The second-order valence-electron chi connectivity index (χ2n) is 2.17. The Balaban J connectivity index is 2.50. The van der Waals surface area contributed by atoms with Crippen molar-refractivity contribution in [2.75, 3.05) is 5.75 Å². The highest BCUT2D eigenvalue weighted by Gasteiger charge is 2.04. The number of nitrogens with one attached hydrogen (secondary N) is 1. The lowest BCUT2D eigenvalue weighted by Crippen LogP contribution is -1.95. The van der Waals surface area contributed by atoms with Crippen molar-refractivity contribution >= 4 is 12.6 Å². The second-order valence-corrected chi connectivity index (χ2v) is 2.62. The number of aromatic amines is 1. The van der Waals surface area contributed by atoms with Crippen LogP contribution in [0.25, 0.3) is 0 Å². The summed E-state index contributed by atoms with van der Waals surface area (Å²) in [4.78, 5) is 2.88. The highest BCUT2D eigenvalue weighted by molar-refractivity contribution is 7.80. The minimum Gasteiger partial charge on any atom is -0.388 e. The van der Waals surface area contributed by atoms with E-state index in [1.165, 1.54) is 0 Å². The Bertz CT molecular complexity index is 174. The molecule has 3 heteroatoms. The molecule has 0 saturated heterocycles. The fraction of sp³-hybridized carbons (Fsp3) is 0.429. The van der Waals surface area contributed by atoms with Crippen molar-refractivity contribution in [3.63, 3.8) is 0 Å². The first-order chi connectivity index (χ1) is 4.84. The quantitative estimate of drug-likeness (QED) is 0.569. The highest BCUT2D eigenvalue weighted by atomic mass is 32.1. The molecule has 1 atom stereocenters. The molecule has 1 aromatic heterocycles. The molecule has 0 aliphatic rings. The van der Waals surface area contributed by atoms with Crippen LogP contribution in [0.1, 0.15) is 18.1 Å². The molecule has 0 aliphatic heterocycles. The van der Waals surface area contributed by atoms with Crippen LogP contribution < -0.4 is 0 Å². The second kappa shape index (κ2) is 3.68. The summed E-state index contributed by atoms with van der Waals surface area (Å²) >= 11 is 4.02. The van der Waals surface area contributed by atoms with Gasteiger partial charge in [0.1, 0.15) is 0 Å². The van der Waals surface area contributed by atoms with Crippen LogP contribution in [0.2, 0.25) is 0 Å². The summed E-state index contributed by atoms with van der Waals surface area (Å²) < 4.78 is 0. The van der Waals surface area contributed by atoms with Crippen LogP contribution in [0, 0.1) is 0 Å². The van der Waals surface area contributed by atoms with Crippen molar-refractivity contribution in [2.24, 2.45) is 0 Å². The van der Waals surface area contributed by atoms with E-state index < -0.39 is 0 Å². The molecule has 10 heavy (non-hydrogen) atoms. The van der Waals surface area contributed by atoms with Gasteiger partial charge < -0.3 is 10.1 Å². The van der Waals surface area contributed by atoms with Gasteiger partial charge in [0.05, 0.1) is 6.10 Å². The molecule has 2 N–H and O–H groups in total. The summed E-state index contributed by atoms with van der Waals surface area (Å²) in [5, 5.41) is 9.34. The van der Waals surface area contributed by atoms with E-state index in [4.69, 9.17) is 0 Å². The van der Waals surface area contributed by atoms with E-state index in [1.54, 1.807) is 12.4 Å². The molecule has 0 aromatic carbocycles. The van der Waals surface area contributed by atoms with Gasteiger partial charge in [-0.15, -0.1) is 0 Å². The summed E-state index contributed by atoms with van der Waals surface area (Å²) in [7, 11) is 0. The third kappa shape index (κ3) is 1.78. The maximum atomic E-state index is 9.34. The third-order valence-electron chi connectivity index (χ3n) is 1.41. The summed E-state index contributed by atoms with van der Waals surface area (Å²) in [6.45, 7) is 0. The molecule has 56 valence electrons. The van der Waals surface area contributed by atoms with Gasteiger partial charge in [0.15, 0.2) is 0 Å². The molecular weight excluding hydrogens is 146 g/mol. The van der Waals surface area contributed by atoms with Crippen molar-refractivity contribution in [1.82, 2.24) is 4.98 Å². The van der Waals surface area contributed by atoms with E-state index in [-0.39, 0.29) is 6.10 Å². The van der Waals surface area contributed by atoms with Gasteiger partial charge in [-0.1, -0.05) is 0 Å². The number of H-pyrrole nitrogens is 1. The van der Waals surface area contributed by atoms with Gasteiger partial charge in [0.2, 0.25) is 0 Å². The SMILES string of the molecule is OC(CCS)c1cc[nH]c1. The summed E-state index contributed by atoms with van der Waals surface area (Å²) in [5.41, 5.74) is 0.939. The minimum absolute atomic E-state index is 0.358. The molecule has 0 radical (unpaired) electrons. The predicted octanol–water partition coefficient (Wildman–Crippen LogP) is 1.37. The Morgan fingerprint density at radius 3 is 3.00 bits per heavy atom. The first-order valence-corrected chi connectivity index (χ1v) is 3.89. The first-order valence-electron chi connectivity index (χ1n) is 3.26. The smallest absolute Gasteiger partial charge is 0.0812 e. The van der Waals surface area contributed by atoms with E-state index in [9.17, 15) is 5.11 Å². The number of aliphatic hydroxyl groups excluding tert-OH is 1. The fourth-order valence-electron chi connectivity index (χ4n) is 0.833. The van der Waals surface area contributed by atoms with E-state index in [0.29, 0.717) is 12.2 Å². The number of aromatic nitrogens is 1. The van der Waals surface area contributed by atoms with Gasteiger partial charge in [0, 0.05) is 12.4 Å². The number of rotatable bonds is 3. The Kier molecular flexibility index (Phi) is 2.83. The Morgan fingerprint density at radius 1 is 1.70 bits per heavy atom. The lowest BCUT2D eigenvalue weighted by atomic mass is 10.1. The number of aliphatic hydroxyl groups is 1. The number of hydrogen-bond donors (Lipinski definition) is 3. The average Bonchev–Trinajstić information content (AvgIpc) is 2.38. The molecule has 0 fully saturated rings. The van der Waals surface area contributed by atoms with Crippen LogP contribution in [-0.2, 0) is 0 Å². The van der Waals surface area contributed by atoms with Gasteiger partial charge in [-0.05, 0) is 23.8 Å². The zero-order chi connectivity index (χ0) is 7.40. The maximum absolute atomic E-state index is 9.34. The standard InChI is InChI=1S/C7H11NOS/c9-7(2-4-10)6-1-3-8-5-6/h1,3,5,7-10H,2,4H2. The molecule has 1 aromatic rings. The molecule has 0 amide bonds. The lowest BCUT2D eigenvalue weighted by Gasteiger charge is -2.04. The largest absolute Gasteiger partial charge is 0.388 e. The molecule has 1 unspecified atom stereocenters. The average molecular weight is 157 g/mol. The zero-order valence-corrected chi connectivity index (χ0v) is 6.51. The Morgan fingerprint density at radius 2 is 2.50 bits per heavy atom. The Hall–Kier alpha value is -0.410. The van der Waals surface area contributed by atoms with Crippen LogP contribution in [0.15, 0.2) is 18.5 Å². The van der Waals surface area contributed by atoms with Crippen molar-refractivity contribution in [3.8, 4) is 0 Å². The maximum Gasteiger partial charge on any atom is 0.0812 e. The van der Waals surface area contributed by atoms with Crippen molar-refractivity contribution in [2.45, 2.75) is 12.5 Å². The molecule has 0 spiro atoms. The highest BCUT2D eigenvalue weighted by Crippen LogP contribution is 2.15. The van der Waals surface area contributed by atoms with Crippen molar-refractivity contribution in [1.29, 1.82) is 0 Å². The Labute approximate surface area is 65.7 Å². The van der Waals surface area contributed by atoms with Crippen LogP contribution in [-0.4, -0.2) is 15.8 Å². The topological polar surface area (TPSA) is 36.0 Å². The zero-order valence-electron chi connectivity index (χ0n) is 5.62. The third-order valence-corrected chi connectivity index (χ3v) is 1.67. The lowest BCUT2D eigenvalue weighted by molar-refractivity contribution is 0.175. The molecule has 2 nitrogen and oxygen atoms in total.